The third-order valence-corrected chi connectivity index (χ3v) is 3.00. The van der Waals surface area contributed by atoms with E-state index in [9.17, 15) is 25.1 Å². The van der Waals surface area contributed by atoms with E-state index in [1.54, 1.807) is 0 Å². The number of nitrogens with one attached hydrogen (secondary N) is 2. The van der Waals surface area contributed by atoms with E-state index < -0.39 is 16.4 Å². The fraction of sp³-hybridized carbons (Fsp3) is 0.214. The number of hydrogen-bond acceptors (Lipinski definition) is 8. The average molecular weight is 333 g/mol. The SMILES string of the molecule is CCCc1cc(=O)[nH]c(NN=Cc2cc([N+](=O)[O-])c(O)cc2O)n1. The molecule has 0 fully saturated rings. The number of benzene rings is 1. The summed E-state index contributed by atoms with van der Waals surface area (Å²) < 4.78 is 0. The first kappa shape index (κ1) is 16.9. The van der Waals surface area contributed by atoms with Gasteiger partial charge in [-0.25, -0.2) is 10.4 Å². The second-order valence-electron chi connectivity index (χ2n) is 4.86. The van der Waals surface area contributed by atoms with Gasteiger partial charge in [-0.05, 0) is 6.42 Å². The number of nitro benzene ring substituents is 1. The van der Waals surface area contributed by atoms with Gasteiger partial charge in [0.15, 0.2) is 5.75 Å². The van der Waals surface area contributed by atoms with Gasteiger partial charge in [-0.2, -0.15) is 5.10 Å². The van der Waals surface area contributed by atoms with Crippen LogP contribution in [-0.2, 0) is 6.42 Å². The van der Waals surface area contributed by atoms with Crippen LogP contribution in [0.4, 0.5) is 11.6 Å². The molecule has 2 aromatic rings. The van der Waals surface area contributed by atoms with Gasteiger partial charge < -0.3 is 10.2 Å². The molecular formula is C14H15N5O5. The molecule has 1 aromatic heterocycles. The van der Waals surface area contributed by atoms with E-state index >= 15 is 0 Å². The van der Waals surface area contributed by atoms with Crippen molar-refractivity contribution in [2.75, 3.05) is 5.43 Å². The van der Waals surface area contributed by atoms with Crippen molar-refractivity contribution in [1.82, 2.24) is 9.97 Å². The van der Waals surface area contributed by atoms with E-state index in [0.717, 1.165) is 24.8 Å². The van der Waals surface area contributed by atoms with Crippen molar-refractivity contribution in [3.63, 3.8) is 0 Å². The van der Waals surface area contributed by atoms with Gasteiger partial charge in [0.1, 0.15) is 5.75 Å². The van der Waals surface area contributed by atoms with Gasteiger partial charge in [0.25, 0.3) is 5.56 Å². The number of H-pyrrole nitrogens is 1. The second-order valence-corrected chi connectivity index (χ2v) is 4.86. The summed E-state index contributed by atoms with van der Waals surface area (Å²) in [6.07, 6.45) is 2.56. The maximum atomic E-state index is 11.5. The number of rotatable bonds is 6. The van der Waals surface area contributed by atoms with Crippen LogP contribution in [0.5, 0.6) is 11.5 Å². The van der Waals surface area contributed by atoms with E-state index in [0.29, 0.717) is 12.1 Å². The Morgan fingerprint density at radius 2 is 2.12 bits per heavy atom. The van der Waals surface area contributed by atoms with E-state index in [1.807, 2.05) is 6.92 Å². The van der Waals surface area contributed by atoms with Crippen LogP contribution < -0.4 is 11.0 Å². The lowest BCUT2D eigenvalue weighted by Gasteiger charge is -2.03. The molecule has 0 saturated carbocycles. The van der Waals surface area contributed by atoms with Crippen molar-refractivity contribution in [2.45, 2.75) is 19.8 Å². The third-order valence-electron chi connectivity index (χ3n) is 3.00. The normalized spacial score (nSPS) is 10.9. The van der Waals surface area contributed by atoms with Crippen LogP contribution in [0.15, 0.2) is 28.1 Å². The standard InChI is InChI=1S/C14H15N5O5/c1-2-3-9-5-13(22)17-14(16-9)18-15-7-8-4-10(19(23)24)12(21)6-11(8)20/h4-7,20-21H,2-3H2,1H3,(H2,16,17,18,22). The van der Waals surface area contributed by atoms with Gasteiger partial charge in [0.2, 0.25) is 5.95 Å². The Labute approximate surface area is 135 Å². The van der Waals surface area contributed by atoms with Crippen LogP contribution in [0.1, 0.15) is 24.6 Å². The lowest BCUT2D eigenvalue weighted by molar-refractivity contribution is -0.385. The van der Waals surface area contributed by atoms with Crippen LogP contribution >= 0.6 is 0 Å². The highest BCUT2D eigenvalue weighted by Gasteiger charge is 2.16. The molecule has 0 aliphatic heterocycles. The Hall–Kier alpha value is -3.43. The molecule has 0 atom stereocenters. The Morgan fingerprint density at radius 1 is 1.38 bits per heavy atom. The molecule has 0 amide bonds. The third kappa shape index (κ3) is 4.06. The number of aryl methyl sites for hydroxylation is 1. The lowest BCUT2D eigenvalue weighted by Crippen LogP contribution is -2.12. The quantitative estimate of drug-likeness (QED) is 0.354. The van der Waals surface area contributed by atoms with Crippen molar-refractivity contribution >= 4 is 17.9 Å². The number of hydrogen-bond donors (Lipinski definition) is 4. The van der Waals surface area contributed by atoms with E-state index in [1.165, 1.54) is 6.07 Å². The summed E-state index contributed by atoms with van der Waals surface area (Å²) in [5.41, 5.74) is 2.19. The summed E-state index contributed by atoms with van der Waals surface area (Å²) >= 11 is 0. The van der Waals surface area contributed by atoms with Crippen LogP contribution in [-0.4, -0.2) is 31.3 Å². The fourth-order valence-electron chi connectivity index (χ4n) is 1.94. The number of aromatic hydroxyl groups is 2. The number of phenolic OH excluding ortho intramolecular Hbond substituents is 2. The highest BCUT2D eigenvalue weighted by atomic mass is 16.6. The molecule has 1 aromatic carbocycles. The van der Waals surface area contributed by atoms with Crippen molar-refractivity contribution in [1.29, 1.82) is 0 Å². The molecule has 126 valence electrons. The fourth-order valence-corrected chi connectivity index (χ4v) is 1.94. The Balaban J connectivity index is 2.22. The molecule has 0 aliphatic rings. The monoisotopic (exact) mass is 333 g/mol. The first-order chi connectivity index (χ1) is 11.4. The summed E-state index contributed by atoms with van der Waals surface area (Å²) in [6, 6.07) is 3.20. The molecule has 1 heterocycles. The summed E-state index contributed by atoms with van der Waals surface area (Å²) in [4.78, 5) is 28.1. The minimum atomic E-state index is -0.785. The first-order valence-corrected chi connectivity index (χ1v) is 7.00. The number of anilines is 1. The molecule has 4 N–H and O–H groups in total. The molecule has 2 rings (SSSR count). The number of phenols is 2. The van der Waals surface area contributed by atoms with Crippen molar-refractivity contribution in [3.05, 3.63) is 49.9 Å². The van der Waals surface area contributed by atoms with E-state index in [-0.39, 0.29) is 22.8 Å². The highest BCUT2D eigenvalue weighted by molar-refractivity contribution is 5.85. The van der Waals surface area contributed by atoms with Gasteiger partial charge in [-0.3, -0.25) is 19.9 Å². The predicted molar refractivity (Wildman–Crippen MR) is 86.5 cm³/mol. The maximum Gasteiger partial charge on any atom is 0.311 e. The molecule has 0 spiro atoms. The molecule has 0 bridgehead atoms. The second kappa shape index (κ2) is 7.22. The van der Waals surface area contributed by atoms with Crippen molar-refractivity contribution in [3.8, 4) is 11.5 Å². The molecule has 10 nitrogen and oxygen atoms in total. The first-order valence-electron chi connectivity index (χ1n) is 7.00. The number of hydrazone groups is 1. The van der Waals surface area contributed by atoms with Gasteiger partial charge in [0, 0.05) is 29.5 Å². The molecular weight excluding hydrogens is 318 g/mol. The Morgan fingerprint density at radius 3 is 2.79 bits per heavy atom. The summed E-state index contributed by atoms with van der Waals surface area (Å²) in [6.45, 7) is 1.95. The van der Waals surface area contributed by atoms with Crippen LogP contribution in [0.2, 0.25) is 0 Å². The Kier molecular flexibility index (Phi) is 5.09. The zero-order valence-corrected chi connectivity index (χ0v) is 12.7. The van der Waals surface area contributed by atoms with Crippen molar-refractivity contribution < 1.29 is 15.1 Å². The summed E-state index contributed by atoms with van der Waals surface area (Å²) in [5.74, 6) is -0.930. The maximum absolute atomic E-state index is 11.5. The topological polar surface area (TPSA) is 154 Å². The van der Waals surface area contributed by atoms with Gasteiger partial charge in [-0.1, -0.05) is 13.3 Å². The minimum Gasteiger partial charge on any atom is -0.507 e. The lowest BCUT2D eigenvalue weighted by atomic mass is 10.2. The molecule has 0 saturated heterocycles. The summed E-state index contributed by atoms with van der Waals surface area (Å²) in [5, 5.41) is 33.6. The van der Waals surface area contributed by atoms with Crippen molar-refractivity contribution in [2.24, 2.45) is 5.10 Å². The average Bonchev–Trinajstić information content (AvgIpc) is 2.49. The van der Waals surface area contributed by atoms with Gasteiger partial charge >= 0.3 is 5.69 Å². The largest absolute Gasteiger partial charge is 0.507 e. The molecule has 0 unspecified atom stereocenters. The Bertz CT molecular complexity index is 846. The highest BCUT2D eigenvalue weighted by Crippen LogP contribution is 2.31. The number of aromatic nitrogens is 2. The van der Waals surface area contributed by atoms with E-state index in [2.05, 4.69) is 20.5 Å². The molecule has 0 aliphatic carbocycles. The van der Waals surface area contributed by atoms with Crippen LogP contribution in [0.3, 0.4) is 0 Å². The summed E-state index contributed by atoms with van der Waals surface area (Å²) in [7, 11) is 0. The van der Waals surface area contributed by atoms with Gasteiger partial charge in [0.05, 0.1) is 11.1 Å². The number of nitrogens with zero attached hydrogens (tertiary/aromatic N) is 3. The van der Waals surface area contributed by atoms with Crippen LogP contribution in [0, 0.1) is 10.1 Å². The molecule has 10 heteroatoms. The smallest absolute Gasteiger partial charge is 0.311 e. The molecule has 24 heavy (non-hydrogen) atoms. The minimum absolute atomic E-state index is 0.0130. The zero-order valence-electron chi connectivity index (χ0n) is 12.7. The number of nitro groups is 1. The number of aromatic amines is 1. The van der Waals surface area contributed by atoms with Gasteiger partial charge in [-0.15, -0.1) is 0 Å². The zero-order chi connectivity index (χ0) is 17.7. The van der Waals surface area contributed by atoms with Crippen LogP contribution in [0.25, 0.3) is 0 Å². The van der Waals surface area contributed by atoms with E-state index in [4.69, 9.17) is 0 Å². The predicted octanol–water partition coefficient (Wildman–Crippen LogP) is 1.49. The molecule has 0 radical (unpaired) electrons.